The molecule has 1 aliphatic rings. The third kappa shape index (κ3) is 5.59. The van der Waals surface area contributed by atoms with Crippen LogP contribution in [0.1, 0.15) is 25.3 Å². The van der Waals surface area contributed by atoms with Gasteiger partial charge < -0.3 is 14.2 Å². The maximum Gasteiger partial charge on any atom is 0.237 e. The van der Waals surface area contributed by atoms with E-state index in [4.69, 9.17) is 20.1 Å². The summed E-state index contributed by atoms with van der Waals surface area (Å²) in [6.45, 7) is 6.14. The fraction of sp³-hybridized carbons (Fsp3) is 0.611. The Labute approximate surface area is 149 Å². The van der Waals surface area contributed by atoms with Gasteiger partial charge in [-0.25, -0.2) is 5.84 Å². The number of carbonyl (C=O) groups is 1. The molecule has 1 aromatic carbocycles. The van der Waals surface area contributed by atoms with Crippen molar-refractivity contribution in [2.45, 2.75) is 26.3 Å². The molecule has 1 aromatic rings. The number of methoxy groups -OCH3 is 1. The van der Waals surface area contributed by atoms with Crippen LogP contribution < -0.4 is 20.7 Å². The zero-order chi connectivity index (χ0) is 18.1. The molecule has 0 unspecified atom stereocenters. The van der Waals surface area contributed by atoms with E-state index in [1.807, 2.05) is 19.1 Å². The van der Waals surface area contributed by atoms with Gasteiger partial charge in [-0.3, -0.25) is 15.1 Å². The molecule has 0 saturated carbocycles. The summed E-state index contributed by atoms with van der Waals surface area (Å²) in [4.78, 5) is 14.0. The standard InChI is InChI=1S/C18H29N3O4/c1-3-24-11-12-25-17-15(5-4-6-16(17)23-2)13-21-9-7-14(8-10-21)18(22)20-19/h4-6,14H,3,7-13,19H2,1-2H3,(H,20,22). The first-order chi connectivity index (χ1) is 12.2. The number of carbonyl (C=O) groups excluding carboxylic acids is 1. The van der Waals surface area contributed by atoms with Crippen LogP contribution >= 0.6 is 0 Å². The first-order valence-electron chi connectivity index (χ1n) is 8.78. The number of amides is 1. The number of nitrogens with one attached hydrogen (secondary N) is 1. The third-order valence-electron chi connectivity index (χ3n) is 4.45. The molecular formula is C18H29N3O4. The van der Waals surface area contributed by atoms with Crippen LogP contribution in [0, 0.1) is 5.92 Å². The van der Waals surface area contributed by atoms with Crippen LogP contribution in [-0.4, -0.2) is 50.8 Å². The lowest BCUT2D eigenvalue weighted by atomic mass is 9.96. The summed E-state index contributed by atoms with van der Waals surface area (Å²) in [6.07, 6.45) is 1.63. The van der Waals surface area contributed by atoms with Crippen LogP contribution in [0.15, 0.2) is 18.2 Å². The zero-order valence-electron chi connectivity index (χ0n) is 15.1. The molecule has 0 spiro atoms. The normalized spacial score (nSPS) is 15.8. The maximum absolute atomic E-state index is 11.6. The number of nitrogens with zero attached hydrogens (tertiary/aromatic N) is 1. The molecule has 0 radical (unpaired) electrons. The van der Waals surface area contributed by atoms with Crippen LogP contribution in [-0.2, 0) is 16.1 Å². The Bertz CT molecular complexity index is 545. The molecule has 0 aliphatic carbocycles. The molecule has 0 atom stereocenters. The molecular weight excluding hydrogens is 322 g/mol. The van der Waals surface area contributed by atoms with E-state index in [0.29, 0.717) is 19.8 Å². The molecule has 0 bridgehead atoms. The topological polar surface area (TPSA) is 86.1 Å². The minimum Gasteiger partial charge on any atom is -0.493 e. The number of likely N-dealkylation sites (tertiary alicyclic amines) is 1. The number of hydrogen-bond donors (Lipinski definition) is 2. The Morgan fingerprint density at radius 2 is 2.08 bits per heavy atom. The molecule has 25 heavy (non-hydrogen) atoms. The van der Waals surface area contributed by atoms with Gasteiger partial charge >= 0.3 is 0 Å². The smallest absolute Gasteiger partial charge is 0.237 e. The summed E-state index contributed by atoms with van der Waals surface area (Å²) in [5.41, 5.74) is 3.33. The highest BCUT2D eigenvalue weighted by atomic mass is 16.5. The number of hydrazine groups is 1. The number of piperidine rings is 1. The zero-order valence-corrected chi connectivity index (χ0v) is 15.1. The molecule has 1 heterocycles. The van der Waals surface area contributed by atoms with E-state index in [0.717, 1.165) is 49.5 Å². The second-order valence-corrected chi connectivity index (χ2v) is 6.05. The Morgan fingerprint density at radius 3 is 2.72 bits per heavy atom. The van der Waals surface area contributed by atoms with Crippen molar-refractivity contribution in [1.29, 1.82) is 0 Å². The minimum absolute atomic E-state index is 0.00784. The largest absolute Gasteiger partial charge is 0.493 e. The number of ether oxygens (including phenoxy) is 3. The predicted octanol–water partition coefficient (Wildman–Crippen LogP) is 1.31. The van der Waals surface area contributed by atoms with Crippen LogP contribution in [0.2, 0.25) is 0 Å². The summed E-state index contributed by atoms with van der Waals surface area (Å²) in [5.74, 6) is 6.66. The van der Waals surface area contributed by atoms with Gasteiger partial charge in [-0.15, -0.1) is 0 Å². The first kappa shape index (κ1) is 19.5. The SMILES string of the molecule is CCOCCOc1c(CN2CCC(C(=O)NN)CC2)cccc1OC. The number of rotatable bonds is 9. The lowest BCUT2D eigenvalue weighted by Crippen LogP contribution is -2.42. The molecule has 7 heteroatoms. The van der Waals surface area contributed by atoms with Crippen molar-refractivity contribution in [2.24, 2.45) is 11.8 Å². The summed E-state index contributed by atoms with van der Waals surface area (Å²) in [7, 11) is 1.64. The second-order valence-electron chi connectivity index (χ2n) is 6.05. The van der Waals surface area contributed by atoms with Crippen molar-refractivity contribution >= 4 is 5.91 Å². The molecule has 2 rings (SSSR count). The van der Waals surface area contributed by atoms with Gasteiger partial charge in [-0.1, -0.05) is 12.1 Å². The van der Waals surface area contributed by atoms with Gasteiger partial charge in [-0.2, -0.15) is 0 Å². The molecule has 1 aliphatic heterocycles. The summed E-state index contributed by atoms with van der Waals surface area (Å²) < 4.78 is 16.7. The molecule has 140 valence electrons. The number of benzene rings is 1. The maximum atomic E-state index is 11.6. The average molecular weight is 351 g/mol. The van der Waals surface area contributed by atoms with Crippen molar-refractivity contribution in [3.63, 3.8) is 0 Å². The van der Waals surface area contributed by atoms with Gasteiger partial charge in [0.25, 0.3) is 0 Å². The van der Waals surface area contributed by atoms with Gasteiger partial charge in [-0.05, 0) is 38.9 Å². The van der Waals surface area contributed by atoms with Crippen LogP contribution in [0.3, 0.4) is 0 Å². The van der Waals surface area contributed by atoms with E-state index in [9.17, 15) is 4.79 Å². The van der Waals surface area contributed by atoms with Gasteiger partial charge in [0.05, 0.1) is 13.7 Å². The summed E-state index contributed by atoms with van der Waals surface area (Å²) in [6, 6.07) is 5.92. The third-order valence-corrected chi connectivity index (χ3v) is 4.45. The molecule has 7 nitrogen and oxygen atoms in total. The highest BCUT2D eigenvalue weighted by Crippen LogP contribution is 2.32. The van der Waals surface area contributed by atoms with Gasteiger partial charge in [0, 0.05) is 24.6 Å². The number of hydrogen-bond acceptors (Lipinski definition) is 6. The van der Waals surface area contributed by atoms with E-state index in [-0.39, 0.29) is 11.8 Å². The van der Waals surface area contributed by atoms with Crippen molar-refractivity contribution in [3.8, 4) is 11.5 Å². The fourth-order valence-corrected chi connectivity index (χ4v) is 3.07. The summed E-state index contributed by atoms with van der Waals surface area (Å²) >= 11 is 0. The molecule has 1 fully saturated rings. The highest BCUT2D eigenvalue weighted by molar-refractivity contribution is 5.78. The van der Waals surface area contributed by atoms with Crippen LogP contribution in [0.5, 0.6) is 11.5 Å². The monoisotopic (exact) mass is 351 g/mol. The Hall–Kier alpha value is -1.83. The number of nitrogens with two attached hydrogens (primary N) is 1. The second kappa shape index (κ2) is 10.2. The van der Waals surface area contributed by atoms with Crippen LogP contribution in [0.4, 0.5) is 0 Å². The lowest BCUT2D eigenvalue weighted by Gasteiger charge is -2.31. The lowest BCUT2D eigenvalue weighted by molar-refractivity contribution is -0.126. The highest BCUT2D eigenvalue weighted by Gasteiger charge is 2.25. The van der Waals surface area contributed by atoms with Crippen molar-refractivity contribution in [2.75, 3.05) is 40.0 Å². The summed E-state index contributed by atoms with van der Waals surface area (Å²) in [5, 5.41) is 0. The number of para-hydroxylation sites is 1. The van der Waals surface area contributed by atoms with E-state index in [1.165, 1.54) is 0 Å². The van der Waals surface area contributed by atoms with E-state index >= 15 is 0 Å². The van der Waals surface area contributed by atoms with Crippen molar-refractivity contribution < 1.29 is 19.0 Å². The molecule has 1 amide bonds. The van der Waals surface area contributed by atoms with E-state index in [1.54, 1.807) is 7.11 Å². The van der Waals surface area contributed by atoms with E-state index in [2.05, 4.69) is 16.4 Å². The molecule has 3 N–H and O–H groups in total. The van der Waals surface area contributed by atoms with Crippen molar-refractivity contribution in [3.05, 3.63) is 23.8 Å². The quantitative estimate of drug-likeness (QED) is 0.302. The Morgan fingerprint density at radius 1 is 1.32 bits per heavy atom. The molecule has 0 aromatic heterocycles. The Balaban J connectivity index is 1.98. The molecule has 1 saturated heterocycles. The van der Waals surface area contributed by atoms with E-state index < -0.39 is 0 Å². The minimum atomic E-state index is -0.0685. The van der Waals surface area contributed by atoms with Gasteiger partial charge in [0.15, 0.2) is 11.5 Å². The first-order valence-corrected chi connectivity index (χ1v) is 8.78. The van der Waals surface area contributed by atoms with Gasteiger partial charge in [0.2, 0.25) is 5.91 Å². The van der Waals surface area contributed by atoms with Crippen molar-refractivity contribution in [1.82, 2.24) is 10.3 Å². The van der Waals surface area contributed by atoms with Gasteiger partial charge in [0.1, 0.15) is 6.61 Å². The average Bonchev–Trinajstić information content (AvgIpc) is 2.66. The predicted molar refractivity (Wildman–Crippen MR) is 95.3 cm³/mol. The van der Waals surface area contributed by atoms with Crippen LogP contribution in [0.25, 0.3) is 0 Å². The fourth-order valence-electron chi connectivity index (χ4n) is 3.07. The Kier molecular flexibility index (Phi) is 7.97.